The van der Waals surface area contributed by atoms with E-state index in [0.717, 1.165) is 111 Å². The Morgan fingerprint density at radius 3 is 0.805 bits per heavy atom. The first-order valence-electron chi connectivity index (χ1n) is 45.3. The SMILES string of the molecule is COc1ccc(OC)c2c1CN1C(=O)N3Cc4c(c(OC)c5nc6c7[nH]c(c(-c8cc(C(C)(C)C)cc(C(C)(C)C)c8)c8nc(c(-c9cc(C(C)(C)C)cc(C(C)(C)C)c9)c9ccc([nH]9)c(-c9cc(C(C)(C)C)cc(C(C)(C)C)c9)c9nc(c7-c7cc(C(C)(C)C)cc(C(C)(C)C)c7)C=C9)C=C8)c6nc5c4OC)CN4C(=O)N(C2)C1(c1ccccc1)C34c1ccccc1. The van der Waals surface area contributed by atoms with Gasteiger partial charge in [0.05, 0.1) is 88.4 Å². The average molecular weight is 1710 g/mol. The van der Waals surface area contributed by atoms with Gasteiger partial charge in [-0.05, 0) is 159 Å². The lowest BCUT2D eigenvalue weighted by Gasteiger charge is -2.49. The second-order valence-corrected chi connectivity index (χ2v) is 44.3. The molecule has 0 spiro atoms. The van der Waals surface area contributed by atoms with Crippen LogP contribution in [0.3, 0.4) is 0 Å². The Hall–Kier alpha value is -12.3. The van der Waals surface area contributed by atoms with Crippen molar-refractivity contribution in [1.29, 1.82) is 0 Å². The molecule has 6 aliphatic heterocycles. The van der Waals surface area contributed by atoms with Crippen LogP contribution in [0.4, 0.5) is 9.59 Å². The quantitative estimate of drug-likeness (QED) is 0.134. The van der Waals surface area contributed by atoms with Crippen molar-refractivity contribution in [1.82, 2.24) is 49.5 Å². The van der Waals surface area contributed by atoms with Crippen molar-refractivity contribution in [3.8, 4) is 67.5 Å². The topological polar surface area (TPSA) is 167 Å². The third-order valence-corrected chi connectivity index (χ3v) is 27.6. The number of urea groups is 2. The van der Waals surface area contributed by atoms with Crippen LogP contribution < -0.4 is 18.9 Å². The molecule has 2 fully saturated rings. The summed E-state index contributed by atoms with van der Waals surface area (Å²) in [4.78, 5) is 75.5. The molecule has 16 heteroatoms. The summed E-state index contributed by atoms with van der Waals surface area (Å²) < 4.78 is 26.7. The maximum Gasteiger partial charge on any atom is 0.325 e. The van der Waals surface area contributed by atoms with Crippen molar-refractivity contribution < 1.29 is 28.5 Å². The summed E-state index contributed by atoms with van der Waals surface area (Å²) >= 11 is 0. The molecule has 4 amide bonds. The van der Waals surface area contributed by atoms with Crippen molar-refractivity contribution in [2.75, 3.05) is 28.4 Å². The first-order chi connectivity index (χ1) is 60.1. The Morgan fingerprint density at radius 2 is 0.547 bits per heavy atom. The fourth-order valence-corrected chi connectivity index (χ4v) is 20.3. The number of hydrogen-bond donors (Lipinski definition) is 2. The molecule has 0 aliphatic carbocycles. The normalized spacial score (nSPS) is 17.2. The van der Waals surface area contributed by atoms with E-state index >= 15 is 9.59 Å². The largest absolute Gasteiger partial charge is 0.496 e. The van der Waals surface area contributed by atoms with Gasteiger partial charge in [0.1, 0.15) is 33.6 Å². The van der Waals surface area contributed by atoms with Crippen LogP contribution in [0.2, 0.25) is 0 Å². The predicted octanol–water partition coefficient (Wildman–Crippen LogP) is 26.7. The number of methoxy groups -OCH3 is 4. The summed E-state index contributed by atoms with van der Waals surface area (Å²) in [5, 5.41) is 0. The maximum atomic E-state index is 17.3. The molecule has 2 N–H and O–H groups in total. The average Bonchev–Trinajstić information content (AvgIpc) is 1.46. The molecule has 16 nitrogen and oxygen atoms in total. The minimum Gasteiger partial charge on any atom is -0.496 e. The van der Waals surface area contributed by atoms with E-state index in [1.54, 1.807) is 28.4 Å². The van der Waals surface area contributed by atoms with Gasteiger partial charge < -0.3 is 28.9 Å². The molecule has 8 aromatic carbocycles. The van der Waals surface area contributed by atoms with Crippen LogP contribution in [0, 0.1) is 0 Å². The summed E-state index contributed by atoms with van der Waals surface area (Å²) in [6.45, 7) is 55.0. The number of amides is 4. The van der Waals surface area contributed by atoms with Gasteiger partial charge in [-0.3, -0.25) is 19.6 Å². The van der Waals surface area contributed by atoms with E-state index in [2.05, 4.69) is 285 Å². The Bertz CT molecular complexity index is 6410. The second-order valence-electron chi connectivity index (χ2n) is 44.3. The van der Waals surface area contributed by atoms with Gasteiger partial charge in [-0.2, -0.15) is 0 Å². The van der Waals surface area contributed by atoms with E-state index in [0.29, 0.717) is 78.6 Å². The monoisotopic (exact) mass is 1700 g/mol. The number of aromatic amines is 2. The lowest BCUT2D eigenvalue weighted by Crippen LogP contribution is -2.62. The number of nitrogens with one attached hydrogen (secondary N) is 2. The van der Waals surface area contributed by atoms with Crippen LogP contribution in [0.1, 0.15) is 267 Å². The van der Waals surface area contributed by atoms with E-state index in [1.165, 1.54) is 22.3 Å². The molecule has 0 atom stereocenters. The lowest BCUT2D eigenvalue weighted by molar-refractivity contribution is -0.0795. The van der Waals surface area contributed by atoms with Crippen molar-refractivity contribution in [2.24, 2.45) is 0 Å². The van der Waals surface area contributed by atoms with Gasteiger partial charge in [0.25, 0.3) is 0 Å². The zero-order valence-corrected chi connectivity index (χ0v) is 80.2. The molecule has 8 bridgehead atoms. The molecule has 2 saturated heterocycles. The Balaban J connectivity index is 1.06. The summed E-state index contributed by atoms with van der Waals surface area (Å²) in [6.07, 6.45) is 8.81. The van der Waals surface area contributed by atoms with Gasteiger partial charge in [0.2, 0.25) is 0 Å². The molecule has 12 aromatic rings. The number of benzene rings is 8. The minimum atomic E-state index is -1.60. The van der Waals surface area contributed by atoms with Gasteiger partial charge >= 0.3 is 12.1 Å². The van der Waals surface area contributed by atoms with E-state index in [-0.39, 0.29) is 81.6 Å². The van der Waals surface area contributed by atoms with Crippen LogP contribution in [0.25, 0.3) is 113 Å². The van der Waals surface area contributed by atoms with Gasteiger partial charge in [-0.15, -0.1) is 0 Å². The number of aromatic nitrogens is 6. The number of hydrogen-bond acceptors (Lipinski definition) is 10. The zero-order chi connectivity index (χ0) is 91.5. The molecule has 18 rings (SSSR count). The van der Waals surface area contributed by atoms with Gasteiger partial charge in [0.15, 0.2) is 22.8 Å². The van der Waals surface area contributed by atoms with Gasteiger partial charge in [-0.25, -0.2) is 29.5 Å². The number of fused-ring (bicyclic) bond motifs is 14. The molecule has 0 unspecified atom stereocenters. The zero-order valence-electron chi connectivity index (χ0n) is 80.2. The third-order valence-electron chi connectivity index (χ3n) is 27.6. The summed E-state index contributed by atoms with van der Waals surface area (Å²) in [5.74, 6) is 1.89. The number of carbonyl (C=O) groups excluding carboxylic acids is 2. The van der Waals surface area contributed by atoms with Crippen LogP contribution in [-0.2, 0) is 80.8 Å². The minimum absolute atomic E-state index is 0.0595. The van der Waals surface area contributed by atoms with Crippen molar-refractivity contribution in [3.05, 3.63) is 258 Å². The molecule has 0 saturated carbocycles. The Kier molecular flexibility index (Phi) is 20.0. The van der Waals surface area contributed by atoms with Crippen molar-refractivity contribution in [3.63, 3.8) is 0 Å². The summed E-state index contributed by atoms with van der Waals surface area (Å²) in [7, 11) is 6.63. The molecule has 6 aliphatic rings. The van der Waals surface area contributed by atoms with Gasteiger partial charge in [0, 0.05) is 66.7 Å². The lowest BCUT2D eigenvalue weighted by atomic mass is 9.78. The number of nitrogens with zero attached hydrogens (tertiary/aromatic N) is 8. The highest BCUT2D eigenvalue weighted by Gasteiger charge is 2.81. The molecule has 128 heavy (non-hydrogen) atoms. The van der Waals surface area contributed by atoms with Crippen LogP contribution in [0.5, 0.6) is 23.0 Å². The number of ether oxygens (including phenoxy) is 4. The first-order valence-corrected chi connectivity index (χ1v) is 45.3. The predicted molar refractivity (Wildman–Crippen MR) is 523 cm³/mol. The highest BCUT2D eigenvalue weighted by molar-refractivity contribution is 6.16. The van der Waals surface area contributed by atoms with Gasteiger partial charge in [-0.1, -0.05) is 300 Å². The molecule has 658 valence electrons. The van der Waals surface area contributed by atoms with E-state index in [1.807, 2.05) is 92.4 Å². The smallest absolute Gasteiger partial charge is 0.325 e. The van der Waals surface area contributed by atoms with E-state index in [9.17, 15) is 0 Å². The molecular formula is C112H124N10O6. The number of carbonyl (C=O) groups is 2. The standard InChI is InChI=1S/C112H124N10O6/c1-103(2,3)69-47-63(48-70(55-69)104(4,5)6)89-81-39-40-82(113-81)90(64-49-71(105(7,8)9)56-72(50-64)106(10,11)12)84-42-44-86(115-84)92(66-53-75(109(19,20)21)58-76(54-66)110(22,23)24)94-96-95(93(116-94)91(85-43-41-83(89)114-85)65-51-73(107(13,14)15)57-74(52-65)108(16,17)18)117-97-98(118-96)100(128-28)80-62-122-102(124)120-60-78-77(87(125-25)45-46-88(78)126-26)59-119-101(123)121(61-79(80)99(97)127-27)112(122,68-37-33-30-34-38-68)111(119,120)67-35-31-29-32-36-67/h29-58,113,116H,59-62H2,1-28H3. The fourth-order valence-electron chi connectivity index (χ4n) is 20.3. The summed E-state index contributed by atoms with van der Waals surface area (Å²) in [5.41, 5.74) is 23.4. The Labute approximate surface area is 755 Å². The van der Waals surface area contributed by atoms with Crippen LogP contribution in [-0.4, -0.2) is 90.0 Å². The van der Waals surface area contributed by atoms with E-state index < -0.39 is 11.3 Å². The number of H-pyrrole nitrogens is 2. The van der Waals surface area contributed by atoms with Crippen molar-refractivity contribution in [2.45, 2.75) is 247 Å². The summed E-state index contributed by atoms with van der Waals surface area (Å²) in [6, 6.07) is 56.2. The third kappa shape index (κ3) is 13.7. The fraction of sp³-hybridized carbons (Fsp3) is 0.375. The van der Waals surface area contributed by atoms with Crippen LogP contribution >= 0.6 is 0 Å². The molecule has 0 radical (unpaired) electrons. The first kappa shape index (κ1) is 86.4. The number of rotatable bonds is 10. The van der Waals surface area contributed by atoms with E-state index in [4.69, 9.17) is 38.9 Å². The van der Waals surface area contributed by atoms with Crippen molar-refractivity contribution >= 4 is 80.5 Å². The molecular weight excluding hydrogens is 1580 g/mol. The molecule has 10 heterocycles. The van der Waals surface area contributed by atoms with Crippen LogP contribution in [0.15, 0.2) is 158 Å². The second kappa shape index (κ2) is 29.6. The Morgan fingerprint density at radius 1 is 0.289 bits per heavy atom. The maximum absolute atomic E-state index is 17.3. The molecule has 4 aromatic heterocycles. The highest BCUT2D eigenvalue weighted by atomic mass is 16.5. The highest BCUT2D eigenvalue weighted by Crippen LogP contribution is 2.67.